The first-order chi connectivity index (χ1) is 14.0. The van der Waals surface area contributed by atoms with Gasteiger partial charge in [0.25, 0.3) is 5.91 Å². The second-order valence-electron chi connectivity index (χ2n) is 6.95. The molecule has 2 aliphatic heterocycles. The van der Waals surface area contributed by atoms with Gasteiger partial charge in [-0.25, -0.2) is 0 Å². The molecule has 0 radical (unpaired) electrons. The van der Waals surface area contributed by atoms with Crippen LogP contribution in [0.15, 0.2) is 54.0 Å². The van der Waals surface area contributed by atoms with Gasteiger partial charge >= 0.3 is 0 Å². The highest BCUT2D eigenvalue weighted by Crippen LogP contribution is 2.32. The Kier molecular flexibility index (Phi) is 5.14. The average molecular weight is 391 g/mol. The number of ether oxygens (including phenoxy) is 1. The number of hydrogen-bond donors (Lipinski definition) is 2. The van der Waals surface area contributed by atoms with Gasteiger partial charge in [-0.2, -0.15) is 0 Å². The summed E-state index contributed by atoms with van der Waals surface area (Å²) in [6.45, 7) is 4.96. The summed E-state index contributed by atoms with van der Waals surface area (Å²) < 4.78 is 5.58. The van der Waals surface area contributed by atoms with E-state index in [1.165, 1.54) is 6.08 Å². The minimum Gasteiger partial charge on any atom is -0.508 e. The van der Waals surface area contributed by atoms with Gasteiger partial charge in [0.15, 0.2) is 6.10 Å². The van der Waals surface area contributed by atoms with Crippen molar-refractivity contribution in [1.29, 1.82) is 0 Å². The molecule has 148 valence electrons. The second kappa shape index (κ2) is 7.89. The number of aliphatic imine (C=N–C) groups is 1. The first-order valence-electron chi connectivity index (χ1n) is 9.35. The number of benzene rings is 2. The molecule has 1 fully saturated rings. The third-order valence-corrected chi connectivity index (χ3v) is 5.05. The van der Waals surface area contributed by atoms with Gasteiger partial charge in [0.05, 0.1) is 25.4 Å². The molecule has 2 amide bonds. The van der Waals surface area contributed by atoms with E-state index in [1.807, 2.05) is 24.3 Å². The van der Waals surface area contributed by atoms with Crippen molar-refractivity contribution in [3.8, 4) is 16.9 Å². The van der Waals surface area contributed by atoms with E-state index in [0.717, 1.165) is 22.3 Å². The molecule has 0 spiro atoms. The van der Waals surface area contributed by atoms with Crippen molar-refractivity contribution >= 4 is 23.7 Å². The van der Waals surface area contributed by atoms with Crippen LogP contribution in [0.25, 0.3) is 11.1 Å². The molecule has 0 aromatic heterocycles. The Hall–Kier alpha value is -3.45. The third-order valence-electron chi connectivity index (χ3n) is 5.05. The Bertz CT molecular complexity index is 998. The zero-order valence-electron chi connectivity index (χ0n) is 15.8. The zero-order valence-corrected chi connectivity index (χ0v) is 15.8. The Morgan fingerprint density at radius 3 is 2.79 bits per heavy atom. The zero-order chi connectivity index (χ0) is 20.4. The van der Waals surface area contributed by atoms with Crippen LogP contribution < -0.4 is 5.32 Å². The fourth-order valence-electron chi connectivity index (χ4n) is 3.51. The highest BCUT2D eigenvalue weighted by molar-refractivity contribution is 6.02. The number of nitrogens with zero attached hydrogens (tertiary/aromatic N) is 2. The van der Waals surface area contributed by atoms with Gasteiger partial charge in [-0.15, -0.1) is 0 Å². The van der Waals surface area contributed by atoms with Crippen molar-refractivity contribution in [1.82, 2.24) is 4.90 Å². The number of phenols is 1. The van der Waals surface area contributed by atoms with Crippen molar-refractivity contribution in [2.75, 3.05) is 25.0 Å². The minimum atomic E-state index is -0.751. The van der Waals surface area contributed by atoms with Gasteiger partial charge in [0, 0.05) is 18.3 Å². The number of carbonyl (C=O) groups excluding carboxylic acids is 2. The van der Waals surface area contributed by atoms with Crippen LogP contribution in [0.4, 0.5) is 5.69 Å². The molecule has 4 rings (SSSR count). The largest absolute Gasteiger partial charge is 0.508 e. The van der Waals surface area contributed by atoms with Crippen LogP contribution >= 0.6 is 0 Å². The molecule has 7 heteroatoms. The van der Waals surface area contributed by atoms with E-state index in [4.69, 9.17) is 4.74 Å². The molecule has 7 nitrogen and oxygen atoms in total. The molecule has 2 aliphatic rings. The smallest absolute Gasteiger partial charge is 0.255 e. The average Bonchev–Trinajstić information content (AvgIpc) is 3.23. The van der Waals surface area contributed by atoms with Crippen LogP contribution in [0.3, 0.4) is 0 Å². The molecular formula is C22H21N3O4. The molecule has 2 N–H and O–H groups in total. The lowest BCUT2D eigenvalue weighted by Gasteiger charge is -2.31. The van der Waals surface area contributed by atoms with Crippen molar-refractivity contribution in [2.24, 2.45) is 4.99 Å². The third kappa shape index (κ3) is 3.90. The van der Waals surface area contributed by atoms with E-state index in [9.17, 15) is 14.7 Å². The minimum absolute atomic E-state index is 0.185. The number of carbonyl (C=O) groups is 2. The quantitative estimate of drug-likeness (QED) is 0.783. The van der Waals surface area contributed by atoms with Crippen LogP contribution in [-0.2, 0) is 20.9 Å². The number of phenolic OH excluding ortho intramolecular Hbond substituents is 1. The van der Waals surface area contributed by atoms with Gasteiger partial charge < -0.3 is 20.1 Å². The normalized spacial score (nSPS) is 17.7. The monoisotopic (exact) mass is 391 g/mol. The number of rotatable bonds is 4. The molecule has 2 heterocycles. The number of amides is 2. The summed E-state index contributed by atoms with van der Waals surface area (Å²) in [6, 6.07) is 10.8. The Morgan fingerprint density at radius 1 is 1.24 bits per heavy atom. The summed E-state index contributed by atoms with van der Waals surface area (Å²) >= 11 is 0. The molecule has 0 unspecified atom stereocenters. The Morgan fingerprint density at radius 2 is 2.03 bits per heavy atom. The SMILES string of the molecule is C=CC(=O)N1CCO[C@@H](C(=O)Nc2cc(-c3ccc(O)cc3)cc3c2C=NC3)C1. The topological polar surface area (TPSA) is 91.2 Å². The number of anilines is 1. The molecule has 0 bridgehead atoms. The summed E-state index contributed by atoms with van der Waals surface area (Å²) in [5, 5.41) is 12.5. The van der Waals surface area contributed by atoms with Crippen molar-refractivity contribution in [3.63, 3.8) is 0 Å². The lowest BCUT2D eigenvalue weighted by atomic mass is 9.98. The van der Waals surface area contributed by atoms with Crippen LogP contribution in [0.1, 0.15) is 11.1 Å². The van der Waals surface area contributed by atoms with E-state index >= 15 is 0 Å². The molecule has 0 saturated carbocycles. The maximum atomic E-state index is 12.8. The van der Waals surface area contributed by atoms with Crippen LogP contribution in [-0.4, -0.2) is 53.8 Å². The molecule has 1 saturated heterocycles. The maximum Gasteiger partial charge on any atom is 0.255 e. The summed E-state index contributed by atoms with van der Waals surface area (Å²) in [7, 11) is 0. The van der Waals surface area contributed by atoms with Crippen molar-refractivity contribution in [2.45, 2.75) is 12.6 Å². The number of fused-ring (bicyclic) bond motifs is 1. The van der Waals surface area contributed by atoms with Gasteiger partial charge in [-0.3, -0.25) is 14.6 Å². The van der Waals surface area contributed by atoms with Gasteiger partial charge in [-0.1, -0.05) is 18.7 Å². The highest BCUT2D eigenvalue weighted by Gasteiger charge is 2.29. The van der Waals surface area contributed by atoms with E-state index < -0.39 is 6.10 Å². The lowest BCUT2D eigenvalue weighted by Crippen LogP contribution is -2.49. The van der Waals surface area contributed by atoms with Crippen LogP contribution in [0.2, 0.25) is 0 Å². The number of nitrogens with one attached hydrogen (secondary N) is 1. The maximum absolute atomic E-state index is 12.8. The standard InChI is InChI=1S/C22H21N3O4/c1-2-21(27)25-7-8-29-20(13-25)22(28)24-19-10-15(9-16-11-23-12-18(16)19)14-3-5-17(26)6-4-14/h2-6,9-10,12,20,26H,1,7-8,11,13H2,(H,24,28)/t20-/m1/s1. The highest BCUT2D eigenvalue weighted by atomic mass is 16.5. The van der Waals surface area contributed by atoms with Gasteiger partial charge in [0.1, 0.15) is 5.75 Å². The number of hydrogen-bond acceptors (Lipinski definition) is 5. The molecular weight excluding hydrogens is 370 g/mol. The first kappa shape index (κ1) is 18.9. The fraction of sp³-hybridized carbons (Fsp3) is 0.227. The van der Waals surface area contributed by atoms with E-state index in [0.29, 0.717) is 25.4 Å². The number of aromatic hydroxyl groups is 1. The summed E-state index contributed by atoms with van der Waals surface area (Å²) in [4.78, 5) is 30.6. The second-order valence-corrected chi connectivity index (χ2v) is 6.95. The predicted octanol–water partition coefficient (Wildman–Crippen LogP) is 2.34. The molecule has 2 aromatic carbocycles. The predicted molar refractivity (Wildman–Crippen MR) is 110 cm³/mol. The molecule has 29 heavy (non-hydrogen) atoms. The fourth-order valence-corrected chi connectivity index (χ4v) is 3.51. The summed E-state index contributed by atoms with van der Waals surface area (Å²) in [5.74, 6) is -0.329. The molecule has 2 aromatic rings. The van der Waals surface area contributed by atoms with Crippen LogP contribution in [0.5, 0.6) is 5.75 Å². The van der Waals surface area contributed by atoms with E-state index in [2.05, 4.69) is 16.9 Å². The Labute approximate surface area is 168 Å². The lowest BCUT2D eigenvalue weighted by molar-refractivity contribution is -0.141. The van der Waals surface area contributed by atoms with E-state index in [1.54, 1.807) is 23.2 Å². The Balaban J connectivity index is 1.58. The summed E-state index contributed by atoms with van der Waals surface area (Å²) in [5.41, 5.74) is 4.37. The van der Waals surface area contributed by atoms with Crippen molar-refractivity contribution in [3.05, 3.63) is 60.2 Å². The first-order valence-corrected chi connectivity index (χ1v) is 9.35. The van der Waals surface area contributed by atoms with E-state index in [-0.39, 0.29) is 24.1 Å². The van der Waals surface area contributed by atoms with Crippen LogP contribution in [0, 0.1) is 0 Å². The summed E-state index contributed by atoms with van der Waals surface area (Å²) in [6.07, 6.45) is 2.24. The van der Waals surface area contributed by atoms with Gasteiger partial charge in [-0.05, 0) is 47.0 Å². The number of morpholine rings is 1. The molecule has 0 aliphatic carbocycles. The molecule has 1 atom stereocenters. The van der Waals surface area contributed by atoms with Gasteiger partial charge in [0.2, 0.25) is 5.91 Å². The van der Waals surface area contributed by atoms with Crippen molar-refractivity contribution < 1.29 is 19.4 Å².